The van der Waals surface area contributed by atoms with Gasteiger partial charge in [-0.15, -0.1) is 5.10 Å². The van der Waals surface area contributed by atoms with Crippen molar-refractivity contribution in [1.82, 2.24) is 10.2 Å². The summed E-state index contributed by atoms with van der Waals surface area (Å²) in [4.78, 5) is 24.2. The van der Waals surface area contributed by atoms with Crippen LogP contribution in [0.2, 0.25) is 0 Å². The van der Waals surface area contributed by atoms with Gasteiger partial charge in [0.05, 0.1) is 25.0 Å². The van der Waals surface area contributed by atoms with Gasteiger partial charge in [0.1, 0.15) is 5.75 Å². The molecule has 0 aliphatic carbocycles. The van der Waals surface area contributed by atoms with E-state index in [4.69, 9.17) is 13.9 Å². The fourth-order valence-electron chi connectivity index (χ4n) is 2.36. The van der Waals surface area contributed by atoms with Crippen molar-refractivity contribution in [3.63, 3.8) is 0 Å². The SMILES string of the molecule is CCOC(=O)Nc1ccccc1C(=O)Nc1nnc(-c2ccc(OC)cc2)o1. The number of aromatic nitrogens is 2. The second kappa shape index (κ2) is 8.67. The fraction of sp³-hybridized carbons (Fsp3) is 0.158. The van der Waals surface area contributed by atoms with Crippen LogP contribution in [0.5, 0.6) is 5.75 Å². The molecule has 3 aromatic rings. The Balaban J connectivity index is 1.73. The summed E-state index contributed by atoms with van der Waals surface area (Å²) in [6.45, 7) is 1.91. The average molecular weight is 382 g/mol. The van der Waals surface area contributed by atoms with Crippen LogP contribution in [0.1, 0.15) is 17.3 Å². The lowest BCUT2D eigenvalue weighted by atomic mass is 10.1. The Bertz CT molecular complexity index is 968. The Labute approximate surface area is 160 Å². The second-order valence-electron chi connectivity index (χ2n) is 5.49. The van der Waals surface area contributed by atoms with E-state index in [0.717, 1.165) is 0 Å². The van der Waals surface area contributed by atoms with Crippen LogP contribution in [0.3, 0.4) is 0 Å². The number of para-hydroxylation sites is 1. The molecule has 28 heavy (non-hydrogen) atoms. The predicted molar refractivity (Wildman–Crippen MR) is 101 cm³/mol. The van der Waals surface area contributed by atoms with Crippen LogP contribution < -0.4 is 15.4 Å². The van der Waals surface area contributed by atoms with E-state index in [1.165, 1.54) is 0 Å². The van der Waals surface area contributed by atoms with Crippen LogP contribution in [0.4, 0.5) is 16.5 Å². The molecular formula is C19H18N4O5. The van der Waals surface area contributed by atoms with Crippen molar-refractivity contribution < 1.29 is 23.5 Å². The summed E-state index contributed by atoms with van der Waals surface area (Å²) >= 11 is 0. The highest BCUT2D eigenvalue weighted by Gasteiger charge is 2.17. The lowest BCUT2D eigenvalue weighted by Crippen LogP contribution is -2.19. The zero-order valence-electron chi connectivity index (χ0n) is 15.3. The van der Waals surface area contributed by atoms with Crippen LogP contribution in [-0.2, 0) is 4.74 Å². The summed E-state index contributed by atoms with van der Waals surface area (Å²) in [7, 11) is 1.57. The number of hydrogen-bond acceptors (Lipinski definition) is 7. The minimum absolute atomic E-state index is 0.0678. The van der Waals surface area contributed by atoms with E-state index in [2.05, 4.69) is 20.8 Å². The second-order valence-corrected chi connectivity index (χ2v) is 5.49. The lowest BCUT2D eigenvalue weighted by molar-refractivity contribution is 0.102. The molecule has 0 aliphatic rings. The number of carbonyl (C=O) groups is 2. The van der Waals surface area contributed by atoms with Crippen molar-refractivity contribution in [3.8, 4) is 17.2 Å². The summed E-state index contributed by atoms with van der Waals surface area (Å²) in [5.74, 6) is 0.427. The van der Waals surface area contributed by atoms with Gasteiger partial charge in [0.15, 0.2) is 0 Å². The summed E-state index contributed by atoms with van der Waals surface area (Å²) in [5, 5.41) is 12.8. The third-order valence-electron chi connectivity index (χ3n) is 3.67. The molecule has 0 unspecified atom stereocenters. The summed E-state index contributed by atoms with van der Waals surface area (Å²) in [6, 6.07) is 13.5. The molecule has 2 N–H and O–H groups in total. The zero-order valence-corrected chi connectivity index (χ0v) is 15.3. The molecule has 0 saturated heterocycles. The van der Waals surface area contributed by atoms with E-state index in [1.54, 1.807) is 62.6 Å². The molecule has 0 aliphatic heterocycles. The molecule has 2 amide bonds. The maximum Gasteiger partial charge on any atom is 0.411 e. The monoisotopic (exact) mass is 382 g/mol. The third-order valence-corrected chi connectivity index (χ3v) is 3.67. The Kier molecular flexibility index (Phi) is 5.85. The molecule has 9 heteroatoms. The van der Waals surface area contributed by atoms with Crippen molar-refractivity contribution in [2.45, 2.75) is 6.92 Å². The molecule has 0 spiro atoms. The Morgan fingerprint density at radius 2 is 1.79 bits per heavy atom. The predicted octanol–water partition coefficient (Wildman–Crippen LogP) is 3.57. The molecule has 9 nitrogen and oxygen atoms in total. The molecule has 144 valence electrons. The third kappa shape index (κ3) is 4.44. The quantitative estimate of drug-likeness (QED) is 0.669. The number of benzene rings is 2. The van der Waals surface area contributed by atoms with Crippen molar-refractivity contribution in [1.29, 1.82) is 0 Å². The number of anilines is 2. The van der Waals surface area contributed by atoms with Gasteiger partial charge < -0.3 is 13.9 Å². The molecule has 0 atom stereocenters. The van der Waals surface area contributed by atoms with Gasteiger partial charge in [0, 0.05) is 5.56 Å². The fourth-order valence-corrected chi connectivity index (χ4v) is 2.36. The number of ether oxygens (including phenoxy) is 2. The lowest BCUT2D eigenvalue weighted by Gasteiger charge is -2.09. The van der Waals surface area contributed by atoms with Crippen molar-refractivity contribution in [2.75, 3.05) is 24.4 Å². The summed E-state index contributed by atoms with van der Waals surface area (Å²) in [6.07, 6.45) is -0.651. The smallest absolute Gasteiger partial charge is 0.411 e. The number of amides is 2. The molecule has 2 aromatic carbocycles. The van der Waals surface area contributed by atoms with Crippen LogP contribution in [0, 0.1) is 0 Å². The van der Waals surface area contributed by atoms with E-state index < -0.39 is 12.0 Å². The highest BCUT2D eigenvalue weighted by molar-refractivity contribution is 6.08. The molecule has 1 aromatic heterocycles. The number of rotatable bonds is 6. The van der Waals surface area contributed by atoms with Crippen molar-refractivity contribution in [3.05, 3.63) is 54.1 Å². The standard InChI is InChI=1S/C19H18N4O5/c1-3-27-19(25)20-15-7-5-4-6-14(15)16(24)21-18-23-22-17(28-18)12-8-10-13(26-2)11-9-12/h4-11H,3H2,1-2H3,(H,20,25)(H,21,23,24). The van der Waals surface area contributed by atoms with Crippen LogP contribution in [0.15, 0.2) is 52.9 Å². The average Bonchev–Trinajstić information content (AvgIpc) is 3.17. The molecule has 0 saturated carbocycles. The molecular weight excluding hydrogens is 364 g/mol. The van der Waals surface area contributed by atoms with E-state index in [1.807, 2.05) is 0 Å². The summed E-state index contributed by atoms with van der Waals surface area (Å²) in [5.41, 5.74) is 1.20. The van der Waals surface area contributed by atoms with E-state index >= 15 is 0 Å². The first kappa shape index (κ1) is 18.9. The zero-order chi connectivity index (χ0) is 19.9. The Morgan fingerprint density at radius 3 is 2.50 bits per heavy atom. The molecule has 0 fully saturated rings. The van der Waals surface area contributed by atoms with Gasteiger partial charge in [0.2, 0.25) is 5.89 Å². The van der Waals surface area contributed by atoms with Gasteiger partial charge in [-0.05, 0) is 43.3 Å². The molecule has 3 rings (SSSR count). The Morgan fingerprint density at radius 1 is 1.04 bits per heavy atom. The molecule has 0 bridgehead atoms. The van der Waals surface area contributed by atoms with Crippen LogP contribution in [0.25, 0.3) is 11.5 Å². The normalized spacial score (nSPS) is 10.2. The van der Waals surface area contributed by atoms with Gasteiger partial charge in [0.25, 0.3) is 5.91 Å². The molecule has 0 radical (unpaired) electrons. The Hall–Kier alpha value is -3.88. The minimum Gasteiger partial charge on any atom is -0.497 e. The number of nitrogens with one attached hydrogen (secondary N) is 2. The highest BCUT2D eigenvalue weighted by atomic mass is 16.5. The van der Waals surface area contributed by atoms with Crippen LogP contribution in [-0.4, -0.2) is 35.9 Å². The maximum atomic E-state index is 12.6. The number of carbonyl (C=O) groups excluding carboxylic acids is 2. The maximum absolute atomic E-state index is 12.6. The topological polar surface area (TPSA) is 116 Å². The number of hydrogen-bond donors (Lipinski definition) is 2. The molecule has 1 heterocycles. The highest BCUT2D eigenvalue weighted by Crippen LogP contribution is 2.23. The van der Waals surface area contributed by atoms with E-state index in [0.29, 0.717) is 17.0 Å². The number of nitrogens with zero attached hydrogens (tertiary/aromatic N) is 2. The van der Waals surface area contributed by atoms with Gasteiger partial charge in [-0.3, -0.25) is 15.4 Å². The van der Waals surface area contributed by atoms with E-state index in [9.17, 15) is 9.59 Å². The van der Waals surface area contributed by atoms with Gasteiger partial charge in [-0.25, -0.2) is 4.79 Å². The first-order valence-corrected chi connectivity index (χ1v) is 8.42. The first-order chi connectivity index (χ1) is 13.6. The van der Waals surface area contributed by atoms with Crippen molar-refractivity contribution in [2.24, 2.45) is 0 Å². The van der Waals surface area contributed by atoms with Gasteiger partial charge >= 0.3 is 12.1 Å². The van der Waals surface area contributed by atoms with Gasteiger partial charge in [-0.1, -0.05) is 17.2 Å². The van der Waals surface area contributed by atoms with Crippen molar-refractivity contribution >= 4 is 23.7 Å². The van der Waals surface area contributed by atoms with Gasteiger partial charge in [-0.2, -0.15) is 0 Å². The minimum atomic E-state index is -0.651. The summed E-state index contributed by atoms with van der Waals surface area (Å²) < 4.78 is 15.4. The number of methoxy groups -OCH3 is 1. The van der Waals surface area contributed by atoms with Crippen LogP contribution >= 0.6 is 0 Å². The largest absolute Gasteiger partial charge is 0.497 e. The van der Waals surface area contributed by atoms with E-state index in [-0.39, 0.29) is 24.1 Å². The first-order valence-electron chi connectivity index (χ1n) is 8.42.